The Morgan fingerprint density at radius 1 is 0.515 bits per heavy atom. The Bertz CT molecular complexity index is 519. The largest absolute Gasteiger partial charge is 0.256 e. The van der Waals surface area contributed by atoms with Crippen LogP contribution in [0.1, 0.15) is 168 Å². The first-order valence-corrected chi connectivity index (χ1v) is 15.4. The van der Waals surface area contributed by atoms with Gasteiger partial charge in [-0.1, -0.05) is 136 Å². The zero-order valence-corrected chi connectivity index (χ0v) is 23.2. The minimum Gasteiger partial charge on any atom is -0.234 e. The van der Waals surface area contributed by atoms with Crippen molar-refractivity contribution in [3.8, 4) is 0 Å². The van der Waals surface area contributed by atoms with Gasteiger partial charge in [0, 0.05) is 6.42 Å². The lowest BCUT2D eigenvalue weighted by atomic mass is 10.0. The molecule has 0 bridgehead atoms. The van der Waals surface area contributed by atoms with Crippen molar-refractivity contribution in [1.82, 2.24) is 4.57 Å². The molecule has 1 rings (SSSR count). The van der Waals surface area contributed by atoms with Gasteiger partial charge in [-0.05, 0) is 25.7 Å². The number of hydrogen-bond acceptors (Lipinski definition) is 0. The van der Waals surface area contributed by atoms with Crippen LogP contribution in [0.25, 0.3) is 0 Å². The molecule has 0 spiro atoms. The first kappa shape index (κ1) is 30.2. The maximum atomic E-state index is 2.57. The number of aromatic nitrogens is 2. The van der Waals surface area contributed by atoms with E-state index in [0.717, 1.165) is 0 Å². The van der Waals surface area contributed by atoms with Gasteiger partial charge in [0.1, 0.15) is 12.4 Å². The third-order valence-electron chi connectivity index (χ3n) is 7.31. The van der Waals surface area contributed by atoms with Gasteiger partial charge in [0.25, 0.3) is 5.82 Å². The maximum Gasteiger partial charge on any atom is 0.256 e. The van der Waals surface area contributed by atoms with Crippen LogP contribution in [0.4, 0.5) is 0 Å². The topological polar surface area (TPSA) is 8.81 Å². The molecule has 1 heterocycles. The molecule has 0 radical (unpaired) electrons. The summed E-state index contributed by atoms with van der Waals surface area (Å²) in [6.45, 7) is 9.30. The van der Waals surface area contributed by atoms with Crippen molar-refractivity contribution in [3.63, 3.8) is 0 Å². The molecular weight excluding hydrogens is 400 g/mol. The van der Waals surface area contributed by atoms with Crippen LogP contribution in [0.2, 0.25) is 0 Å². The highest BCUT2D eigenvalue weighted by Crippen LogP contribution is 2.14. The van der Waals surface area contributed by atoms with Gasteiger partial charge in [0.15, 0.2) is 0 Å². The van der Waals surface area contributed by atoms with Crippen molar-refractivity contribution < 1.29 is 4.57 Å². The third-order valence-corrected chi connectivity index (χ3v) is 7.31. The van der Waals surface area contributed by atoms with Crippen molar-refractivity contribution in [1.29, 1.82) is 0 Å². The summed E-state index contributed by atoms with van der Waals surface area (Å²) in [7, 11) is 0. The fourth-order valence-electron chi connectivity index (χ4n) is 5.15. The standard InChI is InChI=1S/C31H61N2/c1-4-7-9-11-12-13-14-15-16-17-18-19-20-21-23-25-28-33-30-29-32(27-6-3)31(33)26-24-22-10-8-5-2/h29-30H,4-28H2,1-3H3/q+1. The molecule has 1 aromatic heterocycles. The molecule has 0 aliphatic carbocycles. The molecule has 0 fully saturated rings. The minimum absolute atomic E-state index is 1.18. The summed E-state index contributed by atoms with van der Waals surface area (Å²) in [5.74, 6) is 1.58. The fraction of sp³-hybridized carbons (Fsp3) is 0.903. The molecule has 2 heteroatoms. The number of hydrogen-bond donors (Lipinski definition) is 0. The summed E-state index contributed by atoms with van der Waals surface area (Å²) >= 11 is 0. The highest BCUT2D eigenvalue weighted by molar-refractivity contribution is 4.84. The SMILES string of the molecule is CCCCCCCCCCCCCCCCCCn1cc[n+](CCC)c1CCCCCCC. The lowest BCUT2D eigenvalue weighted by Gasteiger charge is -2.06. The molecule has 0 aromatic carbocycles. The van der Waals surface area contributed by atoms with Crippen LogP contribution in [-0.4, -0.2) is 4.57 Å². The number of nitrogens with zero attached hydrogens (tertiary/aromatic N) is 2. The van der Waals surface area contributed by atoms with E-state index in [0.29, 0.717) is 0 Å². The van der Waals surface area contributed by atoms with Crippen LogP contribution < -0.4 is 4.57 Å². The third kappa shape index (κ3) is 16.5. The van der Waals surface area contributed by atoms with Crippen LogP contribution in [0, 0.1) is 0 Å². The Kier molecular flexibility index (Phi) is 21.1. The second kappa shape index (κ2) is 23.0. The molecule has 0 atom stereocenters. The summed E-state index contributed by atoms with van der Waals surface area (Å²) < 4.78 is 5.09. The van der Waals surface area contributed by atoms with Crippen molar-refractivity contribution in [2.24, 2.45) is 0 Å². The van der Waals surface area contributed by atoms with Gasteiger partial charge < -0.3 is 0 Å². The Labute approximate surface area is 208 Å². The molecule has 2 nitrogen and oxygen atoms in total. The van der Waals surface area contributed by atoms with Crippen molar-refractivity contribution in [2.45, 2.75) is 182 Å². The monoisotopic (exact) mass is 461 g/mol. The molecule has 1 aromatic rings. The second-order valence-electron chi connectivity index (χ2n) is 10.6. The van der Waals surface area contributed by atoms with E-state index >= 15 is 0 Å². The molecule has 0 unspecified atom stereocenters. The molecule has 0 saturated heterocycles. The van der Waals surface area contributed by atoms with Crippen LogP contribution >= 0.6 is 0 Å². The lowest BCUT2D eigenvalue weighted by molar-refractivity contribution is -0.703. The quantitative estimate of drug-likeness (QED) is 0.101. The van der Waals surface area contributed by atoms with E-state index in [1.165, 1.54) is 161 Å². The number of imidazole rings is 1. The normalized spacial score (nSPS) is 11.5. The van der Waals surface area contributed by atoms with E-state index in [2.05, 4.69) is 42.3 Å². The van der Waals surface area contributed by atoms with Crippen molar-refractivity contribution in [2.75, 3.05) is 0 Å². The molecule has 0 amide bonds. The van der Waals surface area contributed by atoms with E-state index in [4.69, 9.17) is 0 Å². The van der Waals surface area contributed by atoms with Gasteiger partial charge >= 0.3 is 0 Å². The minimum atomic E-state index is 1.18. The summed E-state index contributed by atoms with van der Waals surface area (Å²) in [6.07, 6.45) is 37.2. The van der Waals surface area contributed by atoms with Gasteiger partial charge in [0.05, 0.1) is 13.1 Å². The summed E-state index contributed by atoms with van der Waals surface area (Å²) in [6, 6.07) is 0. The maximum absolute atomic E-state index is 2.57. The summed E-state index contributed by atoms with van der Waals surface area (Å²) in [5.41, 5.74) is 0. The second-order valence-corrected chi connectivity index (χ2v) is 10.6. The van der Waals surface area contributed by atoms with E-state index in [9.17, 15) is 0 Å². The molecule has 0 aliphatic rings. The zero-order chi connectivity index (χ0) is 23.8. The zero-order valence-electron chi connectivity index (χ0n) is 23.2. The van der Waals surface area contributed by atoms with E-state index in [1.807, 2.05) is 0 Å². The number of rotatable bonds is 25. The van der Waals surface area contributed by atoms with Gasteiger partial charge in [-0.2, -0.15) is 0 Å². The van der Waals surface area contributed by atoms with Gasteiger partial charge in [0.2, 0.25) is 0 Å². The van der Waals surface area contributed by atoms with Gasteiger partial charge in [-0.3, -0.25) is 0 Å². The first-order valence-electron chi connectivity index (χ1n) is 15.4. The molecule has 0 saturated carbocycles. The summed E-state index contributed by atoms with van der Waals surface area (Å²) in [5, 5.41) is 0. The van der Waals surface area contributed by atoms with E-state index in [1.54, 1.807) is 5.82 Å². The fourth-order valence-corrected chi connectivity index (χ4v) is 5.15. The molecule has 33 heavy (non-hydrogen) atoms. The van der Waals surface area contributed by atoms with Crippen LogP contribution in [-0.2, 0) is 19.5 Å². The highest BCUT2D eigenvalue weighted by atomic mass is 15.1. The van der Waals surface area contributed by atoms with Crippen LogP contribution in [0.3, 0.4) is 0 Å². The Hall–Kier alpha value is -0.790. The van der Waals surface area contributed by atoms with Crippen LogP contribution in [0.5, 0.6) is 0 Å². The predicted molar refractivity (Wildman–Crippen MR) is 147 cm³/mol. The van der Waals surface area contributed by atoms with E-state index < -0.39 is 0 Å². The van der Waals surface area contributed by atoms with Crippen molar-refractivity contribution in [3.05, 3.63) is 18.2 Å². The smallest absolute Gasteiger partial charge is 0.234 e. The van der Waals surface area contributed by atoms with Crippen molar-refractivity contribution >= 4 is 0 Å². The lowest BCUT2D eigenvalue weighted by Crippen LogP contribution is -2.37. The average Bonchev–Trinajstić information content (AvgIpc) is 3.20. The Morgan fingerprint density at radius 3 is 1.39 bits per heavy atom. The average molecular weight is 462 g/mol. The summed E-state index contributed by atoms with van der Waals surface area (Å²) in [4.78, 5) is 0. The molecular formula is C31H61N2+. The van der Waals surface area contributed by atoms with Gasteiger partial charge in [-0.15, -0.1) is 0 Å². The Balaban J connectivity index is 2.02. The number of aryl methyl sites for hydroxylation is 2. The molecule has 0 aliphatic heterocycles. The first-order chi connectivity index (χ1) is 16.3. The van der Waals surface area contributed by atoms with E-state index in [-0.39, 0.29) is 0 Å². The molecule has 0 N–H and O–H groups in total. The predicted octanol–water partition coefficient (Wildman–Crippen LogP) is 9.96. The molecule has 194 valence electrons. The number of unbranched alkanes of at least 4 members (excludes halogenated alkanes) is 19. The van der Waals surface area contributed by atoms with Gasteiger partial charge in [-0.25, -0.2) is 9.13 Å². The highest BCUT2D eigenvalue weighted by Gasteiger charge is 2.15. The van der Waals surface area contributed by atoms with Crippen LogP contribution in [0.15, 0.2) is 12.4 Å². The Morgan fingerprint density at radius 2 is 0.939 bits per heavy atom.